The molecule has 4 heterocycles. The lowest BCUT2D eigenvalue weighted by Gasteiger charge is -2.29. The van der Waals surface area contributed by atoms with Crippen LogP contribution in [0.2, 0.25) is 5.02 Å². The number of hydrogen-bond donors (Lipinski definition) is 0. The second-order valence-electron chi connectivity index (χ2n) is 10.2. The molecule has 2 aromatic heterocycles. The van der Waals surface area contributed by atoms with Crippen molar-refractivity contribution in [3.63, 3.8) is 0 Å². The van der Waals surface area contributed by atoms with Crippen LogP contribution in [0.15, 0.2) is 54.6 Å². The second-order valence-corrected chi connectivity index (χ2v) is 11.7. The molecule has 214 valence electrons. The predicted octanol–water partition coefficient (Wildman–Crippen LogP) is 6.72. The predicted molar refractivity (Wildman–Crippen MR) is 158 cm³/mol. The largest absolute Gasteiger partial charge is 0.489 e. The average molecular weight is 596 g/mol. The molecule has 2 aliphatic heterocycles. The van der Waals surface area contributed by atoms with Gasteiger partial charge in [-0.3, -0.25) is 4.90 Å². The van der Waals surface area contributed by atoms with Crippen molar-refractivity contribution in [3.05, 3.63) is 87.3 Å². The third-order valence-corrected chi connectivity index (χ3v) is 8.69. The van der Waals surface area contributed by atoms with Gasteiger partial charge in [0, 0.05) is 30.3 Å². The summed E-state index contributed by atoms with van der Waals surface area (Å²) in [5, 5.41) is 0.367. The molecule has 10 heteroatoms. The number of carbonyl (C=O) groups excluding carboxylic acids is 1. The van der Waals surface area contributed by atoms with Crippen LogP contribution in [-0.2, 0) is 29.2 Å². The highest BCUT2D eigenvalue weighted by atomic mass is 35.5. The number of fused-ring (bicyclic) bond motifs is 1. The number of carbonyl (C=O) groups is 1. The van der Waals surface area contributed by atoms with E-state index in [0.29, 0.717) is 34.4 Å². The third-order valence-electron chi connectivity index (χ3n) is 7.46. The summed E-state index contributed by atoms with van der Waals surface area (Å²) in [6, 6.07) is 14.5. The number of aromatic nitrogens is 2. The van der Waals surface area contributed by atoms with E-state index in [1.165, 1.54) is 23.0 Å². The van der Waals surface area contributed by atoms with E-state index in [1.54, 1.807) is 12.1 Å². The second kappa shape index (κ2) is 12.3. The standard InChI is InChI=1S/C31H31ClFN3O4S/c1-2-38-31(37)28-16-27-30(41-28)34-29(36(27)17-25-10-13-39-25)18-35-11-8-20(9-12-35)21-4-3-5-24(14-21)40-19-22-6-7-23(32)15-26(22)33/h3-8,14-16,25H,2,9-13,17-19H2,1H3/t25-/m0/s1. The minimum Gasteiger partial charge on any atom is -0.489 e. The summed E-state index contributed by atoms with van der Waals surface area (Å²) in [6.07, 6.45) is 4.35. The molecule has 6 rings (SSSR count). The van der Waals surface area contributed by atoms with Crippen LogP contribution in [0.25, 0.3) is 15.9 Å². The van der Waals surface area contributed by atoms with Gasteiger partial charge in [-0.05, 0) is 61.2 Å². The van der Waals surface area contributed by atoms with Gasteiger partial charge in [-0.2, -0.15) is 0 Å². The molecule has 0 N–H and O–H groups in total. The highest BCUT2D eigenvalue weighted by molar-refractivity contribution is 7.20. The highest BCUT2D eigenvalue weighted by Gasteiger charge is 2.25. The summed E-state index contributed by atoms with van der Waals surface area (Å²) in [6.45, 7) is 6.21. The van der Waals surface area contributed by atoms with Gasteiger partial charge in [-0.1, -0.05) is 35.9 Å². The van der Waals surface area contributed by atoms with Crippen LogP contribution >= 0.6 is 22.9 Å². The maximum absolute atomic E-state index is 14.1. The lowest BCUT2D eigenvalue weighted by molar-refractivity contribution is -0.0591. The summed E-state index contributed by atoms with van der Waals surface area (Å²) in [4.78, 5) is 21.0. The number of esters is 1. The van der Waals surface area contributed by atoms with Gasteiger partial charge in [0.15, 0.2) is 0 Å². The monoisotopic (exact) mass is 595 g/mol. The molecule has 0 spiro atoms. The molecule has 0 unspecified atom stereocenters. The quantitative estimate of drug-likeness (QED) is 0.190. The van der Waals surface area contributed by atoms with Gasteiger partial charge >= 0.3 is 5.97 Å². The Labute approximate surface area is 247 Å². The van der Waals surface area contributed by atoms with Crippen molar-refractivity contribution in [2.75, 3.05) is 26.3 Å². The molecular formula is C31H31ClFN3O4S. The molecule has 1 fully saturated rings. The first kappa shape index (κ1) is 27.9. The zero-order valence-electron chi connectivity index (χ0n) is 22.8. The van der Waals surface area contributed by atoms with E-state index >= 15 is 0 Å². The van der Waals surface area contributed by atoms with E-state index in [2.05, 4.69) is 21.6 Å². The lowest BCUT2D eigenvalue weighted by Crippen LogP contribution is -2.33. The van der Waals surface area contributed by atoms with Crippen LogP contribution in [0.4, 0.5) is 4.39 Å². The minimum atomic E-state index is -0.371. The van der Waals surface area contributed by atoms with Crippen LogP contribution in [0, 0.1) is 5.82 Å². The highest BCUT2D eigenvalue weighted by Crippen LogP contribution is 2.31. The Kier molecular flexibility index (Phi) is 8.39. The van der Waals surface area contributed by atoms with Gasteiger partial charge in [0.25, 0.3) is 0 Å². The third kappa shape index (κ3) is 6.33. The summed E-state index contributed by atoms with van der Waals surface area (Å²) >= 11 is 7.24. The number of nitrogens with zero attached hydrogens (tertiary/aromatic N) is 3. The van der Waals surface area contributed by atoms with Crippen molar-refractivity contribution in [1.29, 1.82) is 0 Å². The minimum absolute atomic E-state index is 0.135. The van der Waals surface area contributed by atoms with Crippen LogP contribution in [0.5, 0.6) is 5.75 Å². The molecule has 4 aromatic rings. The Morgan fingerprint density at radius 3 is 2.85 bits per heavy atom. The van der Waals surface area contributed by atoms with E-state index in [-0.39, 0.29) is 24.5 Å². The molecule has 41 heavy (non-hydrogen) atoms. The van der Waals surface area contributed by atoms with E-state index in [1.807, 2.05) is 31.2 Å². The Hall–Kier alpha value is -3.24. The number of thiophene rings is 1. The van der Waals surface area contributed by atoms with E-state index in [9.17, 15) is 9.18 Å². The number of halogens is 2. The Morgan fingerprint density at radius 2 is 2.12 bits per heavy atom. The van der Waals surface area contributed by atoms with Crippen LogP contribution < -0.4 is 4.74 Å². The maximum Gasteiger partial charge on any atom is 0.348 e. The Morgan fingerprint density at radius 1 is 1.24 bits per heavy atom. The fourth-order valence-corrected chi connectivity index (χ4v) is 6.23. The fourth-order valence-electron chi connectivity index (χ4n) is 5.12. The molecule has 1 saturated heterocycles. The number of hydrogen-bond acceptors (Lipinski definition) is 7. The van der Waals surface area contributed by atoms with Crippen molar-refractivity contribution in [1.82, 2.24) is 14.5 Å². The van der Waals surface area contributed by atoms with Gasteiger partial charge in [-0.25, -0.2) is 14.2 Å². The van der Waals surface area contributed by atoms with Gasteiger partial charge in [0.1, 0.15) is 33.7 Å². The topological polar surface area (TPSA) is 65.8 Å². The fraction of sp³-hybridized carbons (Fsp3) is 0.355. The van der Waals surface area contributed by atoms with Gasteiger partial charge in [-0.15, -0.1) is 11.3 Å². The molecule has 2 aliphatic rings. The molecule has 2 aromatic carbocycles. The molecule has 0 amide bonds. The van der Waals surface area contributed by atoms with E-state index < -0.39 is 0 Å². The van der Waals surface area contributed by atoms with Crippen molar-refractivity contribution < 1.29 is 23.4 Å². The SMILES string of the molecule is CCOC(=O)c1cc2c(nc(CN3CC=C(c4cccc(OCc5ccc(Cl)cc5F)c4)CC3)n2C[C@@H]2CCO2)s1. The van der Waals surface area contributed by atoms with Crippen molar-refractivity contribution in [2.45, 2.75) is 45.6 Å². The van der Waals surface area contributed by atoms with Crippen LogP contribution in [-0.4, -0.2) is 52.8 Å². The first-order valence-electron chi connectivity index (χ1n) is 13.8. The lowest BCUT2D eigenvalue weighted by atomic mass is 9.99. The maximum atomic E-state index is 14.1. The number of imidazole rings is 1. The summed E-state index contributed by atoms with van der Waals surface area (Å²) in [5.41, 5.74) is 3.80. The van der Waals surface area contributed by atoms with Crippen molar-refractivity contribution in [2.24, 2.45) is 0 Å². The van der Waals surface area contributed by atoms with E-state index in [4.69, 9.17) is 30.8 Å². The number of benzene rings is 2. The number of ether oxygens (including phenoxy) is 3. The summed E-state index contributed by atoms with van der Waals surface area (Å²) < 4.78 is 33.2. The van der Waals surface area contributed by atoms with Crippen molar-refractivity contribution >= 4 is 44.8 Å². The molecule has 7 nitrogen and oxygen atoms in total. The smallest absolute Gasteiger partial charge is 0.348 e. The zero-order valence-corrected chi connectivity index (χ0v) is 24.3. The Balaban J connectivity index is 1.13. The molecule has 0 aliphatic carbocycles. The van der Waals surface area contributed by atoms with Crippen molar-refractivity contribution in [3.8, 4) is 5.75 Å². The molecule has 0 radical (unpaired) electrons. The first-order chi connectivity index (χ1) is 20.0. The van der Waals surface area contributed by atoms with Gasteiger partial charge in [0.2, 0.25) is 0 Å². The Bertz CT molecular complexity index is 1600. The van der Waals surface area contributed by atoms with E-state index in [0.717, 1.165) is 60.8 Å². The molecular weight excluding hydrogens is 565 g/mol. The molecule has 0 saturated carbocycles. The summed E-state index contributed by atoms with van der Waals surface area (Å²) in [5.74, 6) is 1.01. The zero-order chi connectivity index (χ0) is 28.3. The average Bonchev–Trinajstić information content (AvgIpc) is 3.49. The van der Waals surface area contributed by atoms with Gasteiger partial charge < -0.3 is 18.8 Å². The number of rotatable bonds is 10. The first-order valence-corrected chi connectivity index (χ1v) is 15.0. The molecule has 0 bridgehead atoms. The van der Waals surface area contributed by atoms with Crippen LogP contribution in [0.1, 0.15) is 46.4 Å². The summed E-state index contributed by atoms with van der Waals surface area (Å²) in [7, 11) is 0. The normalized spacial score (nSPS) is 17.3. The van der Waals surface area contributed by atoms with Crippen LogP contribution in [0.3, 0.4) is 0 Å². The van der Waals surface area contributed by atoms with Gasteiger partial charge in [0.05, 0.1) is 31.3 Å². The molecule has 1 atom stereocenters.